The minimum atomic E-state index is -0.102. The maximum absolute atomic E-state index is 13.0. The number of nitrogens with one attached hydrogen (secondary N) is 1. The van der Waals surface area contributed by atoms with Gasteiger partial charge in [0.1, 0.15) is 0 Å². The topological polar surface area (TPSA) is 52.7 Å². The van der Waals surface area contributed by atoms with Crippen molar-refractivity contribution in [1.29, 1.82) is 0 Å². The van der Waals surface area contributed by atoms with Gasteiger partial charge in [-0.3, -0.25) is 9.59 Å². The second-order valence-corrected chi connectivity index (χ2v) is 7.01. The standard InChI is InChI=1S/C19H27N3O2/c1-14(23)20-16-10-8-15(9-11-16)19(24)22-13-5-7-17-18(22)6-3-4-12-21(17)2/h8-11,17-18H,3-7,12-13H2,1-2H3,(H,20,23)/t17-,18-/m1/s1. The molecule has 5 nitrogen and oxygen atoms in total. The van der Waals surface area contributed by atoms with E-state index in [1.807, 2.05) is 12.1 Å². The van der Waals surface area contributed by atoms with Crippen LogP contribution in [0, 0.1) is 0 Å². The lowest BCUT2D eigenvalue weighted by Crippen LogP contribution is -2.55. The number of rotatable bonds is 2. The molecule has 0 aromatic heterocycles. The molecule has 1 N–H and O–H groups in total. The molecule has 0 unspecified atom stereocenters. The zero-order chi connectivity index (χ0) is 17.1. The minimum Gasteiger partial charge on any atom is -0.334 e. The number of piperidine rings is 1. The van der Waals surface area contributed by atoms with Gasteiger partial charge in [-0.15, -0.1) is 0 Å². The van der Waals surface area contributed by atoms with Crippen molar-refractivity contribution < 1.29 is 9.59 Å². The first-order chi connectivity index (χ1) is 11.6. The van der Waals surface area contributed by atoms with Crippen LogP contribution in [0.4, 0.5) is 5.69 Å². The van der Waals surface area contributed by atoms with Gasteiger partial charge < -0.3 is 15.1 Å². The van der Waals surface area contributed by atoms with Crippen molar-refractivity contribution in [3.05, 3.63) is 29.8 Å². The molecule has 1 aromatic carbocycles. The molecule has 2 heterocycles. The summed E-state index contributed by atoms with van der Waals surface area (Å²) in [6, 6.07) is 8.05. The monoisotopic (exact) mass is 329 g/mol. The second-order valence-electron chi connectivity index (χ2n) is 7.01. The number of likely N-dealkylation sites (tertiary alicyclic amines) is 2. The van der Waals surface area contributed by atoms with Crippen LogP contribution in [-0.2, 0) is 4.79 Å². The lowest BCUT2D eigenvalue weighted by Gasteiger charge is -2.44. The Hall–Kier alpha value is -1.88. The highest BCUT2D eigenvalue weighted by Gasteiger charge is 2.37. The molecular weight excluding hydrogens is 302 g/mol. The summed E-state index contributed by atoms with van der Waals surface area (Å²) >= 11 is 0. The number of anilines is 1. The van der Waals surface area contributed by atoms with Gasteiger partial charge in [-0.2, -0.15) is 0 Å². The summed E-state index contributed by atoms with van der Waals surface area (Å²) in [5, 5.41) is 2.74. The van der Waals surface area contributed by atoms with Gasteiger partial charge in [0.05, 0.1) is 0 Å². The number of hydrogen-bond acceptors (Lipinski definition) is 3. The van der Waals surface area contributed by atoms with E-state index >= 15 is 0 Å². The van der Waals surface area contributed by atoms with Crippen LogP contribution in [0.1, 0.15) is 49.4 Å². The summed E-state index contributed by atoms with van der Waals surface area (Å²) in [6.07, 6.45) is 5.77. The number of amides is 2. The van der Waals surface area contributed by atoms with Crippen LogP contribution >= 0.6 is 0 Å². The van der Waals surface area contributed by atoms with Crippen molar-refractivity contribution in [2.75, 3.05) is 25.5 Å². The average molecular weight is 329 g/mol. The van der Waals surface area contributed by atoms with Crippen LogP contribution in [0.25, 0.3) is 0 Å². The highest BCUT2D eigenvalue weighted by Crippen LogP contribution is 2.29. The third kappa shape index (κ3) is 3.61. The highest BCUT2D eigenvalue weighted by atomic mass is 16.2. The van der Waals surface area contributed by atoms with Gasteiger partial charge in [-0.25, -0.2) is 0 Å². The third-order valence-electron chi connectivity index (χ3n) is 5.28. The Bertz CT molecular complexity index is 599. The first kappa shape index (κ1) is 17.0. The Morgan fingerprint density at radius 1 is 1.00 bits per heavy atom. The maximum Gasteiger partial charge on any atom is 0.254 e. The van der Waals surface area contributed by atoms with Crippen molar-refractivity contribution in [3.8, 4) is 0 Å². The maximum atomic E-state index is 13.0. The number of carbonyl (C=O) groups is 2. The largest absolute Gasteiger partial charge is 0.334 e. The normalized spacial score (nSPS) is 24.8. The van der Waals surface area contributed by atoms with Gasteiger partial charge in [0, 0.05) is 36.8 Å². The fourth-order valence-electron chi connectivity index (χ4n) is 4.10. The Kier molecular flexibility index (Phi) is 5.19. The Morgan fingerprint density at radius 3 is 2.42 bits per heavy atom. The van der Waals surface area contributed by atoms with Crippen LogP contribution in [0.15, 0.2) is 24.3 Å². The average Bonchev–Trinajstić information content (AvgIpc) is 2.76. The lowest BCUT2D eigenvalue weighted by atomic mass is 9.92. The number of carbonyl (C=O) groups excluding carboxylic acids is 2. The van der Waals surface area contributed by atoms with Gasteiger partial charge in [-0.05, 0) is 63.5 Å². The van der Waals surface area contributed by atoms with Crippen molar-refractivity contribution in [2.45, 2.75) is 51.1 Å². The first-order valence-electron chi connectivity index (χ1n) is 8.95. The number of benzene rings is 1. The number of fused-ring (bicyclic) bond motifs is 1. The van der Waals surface area contributed by atoms with Crippen LogP contribution in [-0.4, -0.2) is 53.8 Å². The van der Waals surface area contributed by atoms with E-state index in [4.69, 9.17) is 0 Å². The molecule has 0 aliphatic carbocycles. The van der Waals surface area contributed by atoms with Crippen LogP contribution in [0.2, 0.25) is 0 Å². The summed E-state index contributed by atoms with van der Waals surface area (Å²) in [5.74, 6) is 0.0174. The van der Waals surface area contributed by atoms with Crippen molar-refractivity contribution in [2.24, 2.45) is 0 Å². The molecule has 2 aliphatic heterocycles. The van der Waals surface area contributed by atoms with Gasteiger partial charge in [-0.1, -0.05) is 6.42 Å². The molecule has 0 spiro atoms. The molecule has 0 bridgehead atoms. The molecule has 2 amide bonds. The van der Waals surface area contributed by atoms with E-state index in [1.54, 1.807) is 12.1 Å². The third-order valence-corrected chi connectivity index (χ3v) is 5.28. The van der Waals surface area contributed by atoms with E-state index in [-0.39, 0.29) is 11.8 Å². The zero-order valence-corrected chi connectivity index (χ0v) is 14.6. The Labute approximate surface area is 144 Å². The molecule has 130 valence electrons. The van der Waals surface area contributed by atoms with E-state index in [9.17, 15) is 9.59 Å². The molecule has 0 saturated carbocycles. The van der Waals surface area contributed by atoms with E-state index in [2.05, 4.69) is 22.2 Å². The van der Waals surface area contributed by atoms with Gasteiger partial charge in [0.25, 0.3) is 5.91 Å². The summed E-state index contributed by atoms with van der Waals surface area (Å²) in [4.78, 5) is 28.7. The van der Waals surface area contributed by atoms with E-state index < -0.39 is 0 Å². The van der Waals surface area contributed by atoms with E-state index in [1.165, 1.54) is 26.2 Å². The summed E-state index contributed by atoms with van der Waals surface area (Å²) in [7, 11) is 2.19. The van der Waals surface area contributed by atoms with Crippen molar-refractivity contribution in [3.63, 3.8) is 0 Å². The quantitative estimate of drug-likeness (QED) is 0.908. The number of hydrogen-bond donors (Lipinski definition) is 1. The van der Waals surface area contributed by atoms with Crippen LogP contribution < -0.4 is 5.32 Å². The summed E-state index contributed by atoms with van der Waals surface area (Å²) < 4.78 is 0. The van der Waals surface area contributed by atoms with Crippen LogP contribution in [0.3, 0.4) is 0 Å². The molecule has 2 fully saturated rings. The van der Waals surface area contributed by atoms with Gasteiger partial charge in [0.15, 0.2) is 0 Å². The van der Waals surface area contributed by atoms with Gasteiger partial charge >= 0.3 is 0 Å². The zero-order valence-electron chi connectivity index (χ0n) is 14.6. The van der Waals surface area contributed by atoms with Crippen LogP contribution in [0.5, 0.6) is 0 Å². The molecule has 2 aliphatic rings. The molecular formula is C19H27N3O2. The molecule has 0 radical (unpaired) electrons. The minimum absolute atomic E-state index is 0.102. The molecule has 2 atom stereocenters. The van der Waals surface area contributed by atoms with E-state index in [0.717, 1.165) is 31.6 Å². The Morgan fingerprint density at radius 2 is 1.71 bits per heavy atom. The second kappa shape index (κ2) is 7.34. The smallest absolute Gasteiger partial charge is 0.254 e. The van der Waals surface area contributed by atoms with Crippen molar-refractivity contribution >= 4 is 17.5 Å². The van der Waals surface area contributed by atoms with E-state index in [0.29, 0.717) is 17.6 Å². The highest BCUT2D eigenvalue weighted by molar-refractivity contribution is 5.95. The molecule has 1 aromatic rings. The van der Waals surface area contributed by atoms with Crippen molar-refractivity contribution in [1.82, 2.24) is 9.80 Å². The predicted molar refractivity (Wildman–Crippen MR) is 95.1 cm³/mol. The lowest BCUT2D eigenvalue weighted by molar-refractivity contribution is -0.114. The Balaban J connectivity index is 1.76. The SMILES string of the molecule is CC(=O)Nc1ccc(C(=O)N2CCC[C@@H]3[C@H]2CCCCN3C)cc1. The molecule has 2 saturated heterocycles. The molecule has 5 heteroatoms. The fourth-order valence-corrected chi connectivity index (χ4v) is 4.10. The molecule has 24 heavy (non-hydrogen) atoms. The summed E-state index contributed by atoms with van der Waals surface area (Å²) in [6.45, 7) is 3.46. The number of likely N-dealkylation sites (N-methyl/N-ethyl adjacent to an activating group) is 1. The fraction of sp³-hybridized carbons (Fsp3) is 0.579. The number of nitrogens with zero attached hydrogens (tertiary/aromatic N) is 2. The molecule has 3 rings (SSSR count). The predicted octanol–water partition coefficient (Wildman–Crippen LogP) is 2.73. The first-order valence-corrected chi connectivity index (χ1v) is 8.95. The summed E-state index contributed by atoms with van der Waals surface area (Å²) in [5.41, 5.74) is 1.43. The van der Waals surface area contributed by atoms with Gasteiger partial charge in [0.2, 0.25) is 5.91 Å².